The zero-order valence-corrected chi connectivity index (χ0v) is 7.32. The molecule has 0 saturated heterocycles. The van der Waals surface area contributed by atoms with Gasteiger partial charge in [0.2, 0.25) is 0 Å². The molecule has 0 unspecified atom stereocenters. The fourth-order valence-corrected chi connectivity index (χ4v) is 1.84. The van der Waals surface area contributed by atoms with E-state index in [1.165, 1.54) is 32.1 Å². The van der Waals surface area contributed by atoms with Crippen LogP contribution in [0.3, 0.4) is 0 Å². The predicted octanol–water partition coefficient (Wildman–Crippen LogP) is 2.20. The lowest BCUT2D eigenvalue weighted by atomic mass is 9.84. The maximum atomic E-state index is 8.12. The van der Waals surface area contributed by atoms with Crippen molar-refractivity contribution in [1.82, 2.24) is 0 Å². The fraction of sp³-hybridized carbons (Fsp3) is 1.00. The van der Waals surface area contributed by atoms with E-state index in [4.69, 9.17) is 11.3 Å². The summed E-state index contributed by atoms with van der Waals surface area (Å²) in [5.74, 6) is 0.587. The molecule has 0 aromatic heterocycles. The van der Waals surface area contributed by atoms with E-state index in [0.29, 0.717) is 12.5 Å². The van der Waals surface area contributed by atoms with Crippen molar-refractivity contribution in [3.8, 4) is 0 Å². The van der Waals surface area contributed by atoms with E-state index >= 15 is 0 Å². The van der Waals surface area contributed by atoms with E-state index in [1.807, 2.05) is 0 Å². The first-order valence-corrected chi connectivity index (χ1v) is 4.61. The largest absolute Gasteiger partial charge is 0.327 e. The summed E-state index contributed by atoms with van der Waals surface area (Å²) in [6, 6.07) is 0.0844. The van der Waals surface area contributed by atoms with Crippen molar-refractivity contribution in [2.45, 2.75) is 38.1 Å². The Hall–Kier alpha value is -0.730. The van der Waals surface area contributed by atoms with Crippen molar-refractivity contribution in [3.05, 3.63) is 10.4 Å². The Bertz CT molecular complexity index is 168. The van der Waals surface area contributed by atoms with E-state index in [9.17, 15) is 0 Å². The lowest BCUT2D eigenvalue weighted by Gasteiger charge is -2.26. The van der Waals surface area contributed by atoms with Crippen LogP contribution in [-0.2, 0) is 0 Å². The molecule has 0 amide bonds. The number of azide groups is 1. The molecule has 1 atom stereocenters. The average molecular weight is 168 g/mol. The molecular weight excluding hydrogens is 152 g/mol. The van der Waals surface area contributed by atoms with Gasteiger partial charge < -0.3 is 5.73 Å². The summed E-state index contributed by atoms with van der Waals surface area (Å²) in [6.45, 7) is 0.459. The smallest absolute Gasteiger partial charge is 0.0412 e. The van der Waals surface area contributed by atoms with Crippen LogP contribution in [0.2, 0.25) is 0 Å². The summed E-state index contributed by atoms with van der Waals surface area (Å²) in [4.78, 5) is 2.72. The minimum Gasteiger partial charge on any atom is -0.327 e. The molecular formula is C8H16N4. The van der Waals surface area contributed by atoms with Crippen LogP contribution in [0.1, 0.15) is 32.1 Å². The van der Waals surface area contributed by atoms with E-state index in [1.54, 1.807) is 0 Å². The van der Waals surface area contributed by atoms with Gasteiger partial charge in [-0.2, -0.15) is 0 Å². The number of hydrogen-bond donors (Lipinski definition) is 1. The number of hydrogen-bond acceptors (Lipinski definition) is 2. The molecule has 1 saturated carbocycles. The second kappa shape index (κ2) is 5.01. The van der Waals surface area contributed by atoms with E-state index < -0.39 is 0 Å². The van der Waals surface area contributed by atoms with Crippen LogP contribution >= 0.6 is 0 Å². The number of rotatable bonds is 3. The Morgan fingerprint density at radius 2 is 2.08 bits per heavy atom. The van der Waals surface area contributed by atoms with Gasteiger partial charge in [0, 0.05) is 17.5 Å². The van der Waals surface area contributed by atoms with Crippen molar-refractivity contribution < 1.29 is 0 Å². The SMILES string of the molecule is [N-]=[N+]=NC[C@@H](N)C1CCCCC1. The second-order valence-electron chi connectivity index (χ2n) is 3.48. The minimum atomic E-state index is 0.0844. The molecule has 4 heteroatoms. The van der Waals surface area contributed by atoms with E-state index in [0.717, 1.165) is 0 Å². The molecule has 1 fully saturated rings. The van der Waals surface area contributed by atoms with Crippen molar-refractivity contribution in [2.75, 3.05) is 6.54 Å². The van der Waals surface area contributed by atoms with Gasteiger partial charge in [0.1, 0.15) is 0 Å². The molecule has 0 radical (unpaired) electrons. The van der Waals surface area contributed by atoms with Gasteiger partial charge in [-0.3, -0.25) is 0 Å². The molecule has 0 aliphatic heterocycles. The van der Waals surface area contributed by atoms with Crippen molar-refractivity contribution in [3.63, 3.8) is 0 Å². The van der Waals surface area contributed by atoms with Crippen LogP contribution in [0.5, 0.6) is 0 Å². The molecule has 0 aromatic carbocycles. The second-order valence-corrected chi connectivity index (χ2v) is 3.48. The molecule has 1 rings (SSSR count). The monoisotopic (exact) mass is 168 g/mol. The van der Waals surface area contributed by atoms with E-state index in [2.05, 4.69) is 10.0 Å². The van der Waals surface area contributed by atoms with Crippen LogP contribution in [0.25, 0.3) is 10.4 Å². The quantitative estimate of drug-likeness (QED) is 0.391. The third-order valence-corrected chi connectivity index (χ3v) is 2.61. The molecule has 4 nitrogen and oxygen atoms in total. The first-order chi connectivity index (χ1) is 5.84. The van der Waals surface area contributed by atoms with Crippen molar-refractivity contribution in [2.24, 2.45) is 16.8 Å². The highest BCUT2D eigenvalue weighted by Crippen LogP contribution is 2.25. The van der Waals surface area contributed by atoms with Crippen molar-refractivity contribution in [1.29, 1.82) is 0 Å². The average Bonchev–Trinajstić information content (AvgIpc) is 2.15. The zero-order valence-electron chi connectivity index (χ0n) is 7.32. The predicted molar refractivity (Wildman–Crippen MR) is 48.6 cm³/mol. The summed E-state index contributed by atoms with van der Waals surface area (Å²) >= 11 is 0. The highest BCUT2D eigenvalue weighted by atomic mass is 15.1. The van der Waals surface area contributed by atoms with Gasteiger partial charge in [-0.1, -0.05) is 24.4 Å². The molecule has 0 heterocycles. The van der Waals surface area contributed by atoms with Gasteiger partial charge in [-0.05, 0) is 24.3 Å². The van der Waals surface area contributed by atoms with Gasteiger partial charge >= 0.3 is 0 Å². The fourth-order valence-electron chi connectivity index (χ4n) is 1.84. The molecule has 1 aliphatic carbocycles. The Balaban J connectivity index is 2.28. The third-order valence-electron chi connectivity index (χ3n) is 2.61. The molecule has 0 aromatic rings. The first kappa shape index (κ1) is 9.36. The van der Waals surface area contributed by atoms with Gasteiger partial charge in [0.15, 0.2) is 0 Å². The maximum absolute atomic E-state index is 8.12. The lowest BCUT2D eigenvalue weighted by Crippen LogP contribution is -2.34. The normalized spacial score (nSPS) is 21.4. The van der Waals surface area contributed by atoms with E-state index in [-0.39, 0.29) is 6.04 Å². The number of nitrogens with two attached hydrogens (primary N) is 1. The third kappa shape index (κ3) is 2.72. The Morgan fingerprint density at radius 3 is 2.67 bits per heavy atom. The van der Waals surface area contributed by atoms with Crippen LogP contribution in [0.4, 0.5) is 0 Å². The Labute approximate surface area is 72.8 Å². The van der Waals surface area contributed by atoms with Crippen LogP contribution in [0.15, 0.2) is 5.11 Å². The summed E-state index contributed by atoms with van der Waals surface area (Å²) in [5.41, 5.74) is 14.0. The first-order valence-electron chi connectivity index (χ1n) is 4.61. The topological polar surface area (TPSA) is 74.8 Å². The minimum absolute atomic E-state index is 0.0844. The highest BCUT2D eigenvalue weighted by Gasteiger charge is 2.19. The maximum Gasteiger partial charge on any atom is 0.0412 e. The summed E-state index contributed by atoms with van der Waals surface area (Å²) in [6.07, 6.45) is 6.33. The highest BCUT2D eigenvalue weighted by molar-refractivity contribution is 4.78. The molecule has 68 valence electrons. The van der Waals surface area contributed by atoms with Gasteiger partial charge in [-0.15, -0.1) is 0 Å². The Morgan fingerprint density at radius 1 is 1.42 bits per heavy atom. The standard InChI is InChI=1S/C8H16N4/c9-8(6-11-12-10)7-4-2-1-3-5-7/h7-8H,1-6,9H2/t8-/m1/s1. The molecule has 12 heavy (non-hydrogen) atoms. The summed E-state index contributed by atoms with van der Waals surface area (Å²) in [7, 11) is 0. The van der Waals surface area contributed by atoms with Gasteiger partial charge in [-0.25, -0.2) is 0 Å². The van der Waals surface area contributed by atoms with Crippen LogP contribution in [0, 0.1) is 5.92 Å². The lowest BCUT2D eigenvalue weighted by molar-refractivity contribution is 0.308. The van der Waals surface area contributed by atoms with Crippen LogP contribution < -0.4 is 5.73 Å². The molecule has 1 aliphatic rings. The molecule has 2 N–H and O–H groups in total. The summed E-state index contributed by atoms with van der Waals surface area (Å²) in [5, 5.41) is 3.50. The van der Waals surface area contributed by atoms with Crippen molar-refractivity contribution >= 4 is 0 Å². The molecule has 0 bridgehead atoms. The van der Waals surface area contributed by atoms with Gasteiger partial charge in [0.05, 0.1) is 0 Å². The van der Waals surface area contributed by atoms with Crippen LogP contribution in [-0.4, -0.2) is 12.6 Å². The number of nitrogens with zero attached hydrogens (tertiary/aromatic N) is 3. The Kier molecular flexibility index (Phi) is 3.91. The molecule has 0 spiro atoms. The summed E-state index contributed by atoms with van der Waals surface area (Å²) < 4.78 is 0. The zero-order chi connectivity index (χ0) is 8.81. The van der Waals surface area contributed by atoms with Gasteiger partial charge in [0.25, 0.3) is 0 Å².